The van der Waals surface area contributed by atoms with Gasteiger partial charge in [-0.1, -0.05) is 0 Å². The molecule has 11 heavy (non-hydrogen) atoms. The molecule has 0 aromatic rings. The minimum Gasteiger partial charge on any atom is -0.376 e. The van der Waals surface area contributed by atoms with Crippen LogP contribution in [0.1, 0.15) is 0 Å². The highest BCUT2D eigenvalue weighted by Crippen LogP contribution is 2.06. The quantitative estimate of drug-likeness (QED) is 0.583. The maximum absolute atomic E-state index is 8.79. The molecule has 1 aliphatic heterocycles. The average Bonchev–Trinajstić information content (AvgIpc) is 2.34. The number of ether oxygens (including phenoxy) is 1. The summed E-state index contributed by atoms with van der Waals surface area (Å²) in [5.74, 6) is 0. The van der Waals surface area contributed by atoms with Gasteiger partial charge in [-0.15, -0.1) is 0 Å². The second kappa shape index (κ2) is 3.85. The van der Waals surface area contributed by atoms with Gasteiger partial charge >= 0.3 is 0 Å². The van der Waals surface area contributed by atoms with Crippen molar-refractivity contribution in [3.63, 3.8) is 0 Å². The topological polar surface area (TPSA) is 35.9 Å². The fraction of sp³-hybridized carbons (Fsp3) is 0.833. The van der Waals surface area contributed by atoms with E-state index in [0.29, 0.717) is 11.8 Å². The molecule has 0 aromatic carbocycles. The fourth-order valence-electron chi connectivity index (χ4n) is 1.04. The third-order valence-corrected chi connectivity index (χ3v) is 2.15. The molecule has 0 unspecified atom stereocenters. The molecule has 0 saturated carbocycles. The predicted molar refractivity (Wildman–Crippen MR) is 45.0 cm³/mol. The zero-order valence-corrected chi connectivity index (χ0v) is 7.30. The lowest BCUT2D eigenvalue weighted by atomic mass is 10.6. The van der Waals surface area contributed by atoms with Crippen LogP contribution in [0.5, 0.6) is 0 Å². The van der Waals surface area contributed by atoms with Crippen molar-refractivity contribution in [2.75, 3.05) is 33.7 Å². The van der Waals surface area contributed by atoms with Crippen molar-refractivity contribution in [3.8, 4) is 0 Å². The molecule has 0 bridgehead atoms. The minimum atomic E-state index is -0.000945. The molecule has 0 spiro atoms. The predicted octanol–water partition coefficient (Wildman–Crippen LogP) is -0.557. The van der Waals surface area contributed by atoms with E-state index in [1.165, 1.54) is 0 Å². The van der Waals surface area contributed by atoms with Crippen LogP contribution in [-0.4, -0.2) is 53.7 Å². The Morgan fingerprint density at radius 1 is 1.55 bits per heavy atom. The lowest BCUT2D eigenvalue weighted by Gasteiger charge is -2.18. The second-order valence-corrected chi connectivity index (χ2v) is 2.73. The molecule has 1 rings (SSSR count). The molecule has 0 amide bonds. The van der Waals surface area contributed by atoms with Crippen LogP contribution < -0.4 is 0 Å². The number of nitrogens with zero attached hydrogens (tertiary/aromatic N) is 2. The molecule has 1 aliphatic rings. The Labute approximate surface area is 71.3 Å². The van der Waals surface area contributed by atoms with Crippen molar-refractivity contribution >= 4 is 17.3 Å². The third-order valence-electron chi connectivity index (χ3n) is 1.64. The molecular weight excluding hydrogens is 164 g/mol. The van der Waals surface area contributed by atoms with Crippen molar-refractivity contribution in [1.29, 1.82) is 0 Å². The van der Waals surface area contributed by atoms with Crippen LogP contribution in [0.15, 0.2) is 0 Å². The number of thiocarbonyl (C=S) groups is 1. The first-order chi connectivity index (χ1) is 5.29. The number of aliphatic hydroxyl groups is 1. The molecule has 0 aromatic heterocycles. The first-order valence-electron chi connectivity index (χ1n) is 3.43. The van der Waals surface area contributed by atoms with Gasteiger partial charge in [0.1, 0.15) is 13.5 Å². The number of hydrogen-bond acceptors (Lipinski definition) is 3. The van der Waals surface area contributed by atoms with E-state index in [1.807, 2.05) is 4.90 Å². The van der Waals surface area contributed by atoms with Gasteiger partial charge < -0.3 is 19.6 Å². The first-order valence-corrected chi connectivity index (χ1v) is 3.84. The smallest absolute Gasteiger partial charge is 0.175 e. The summed E-state index contributed by atoms with van der Waals surface area (Å²) in [5, 5.41) is 9.47. The highest BCUT2D eigenvalue weighted by Gasteiger charge is 2.22. The van der Waals surface area contributed by atoms with Gasteiger partial charge in [-0.05, 0) is 12.2 Å². The Bertz CT molecular complexity index is 154. The second-order valence-electron chi connectivity index (χ2n) is 2.37. The van der Waals surface area contributed by atoms with E-state index in [9.17, 15) is 0 Å². The molecule has 5 heteroatoms. The summed E-state index contributed by atoms with van der Waals surface area (Å²) >= 11 is 5.04. The fourth-order valence-corrected chi connectivity index (χ4v) is 1.33. The van der Waals surface area contributed by atoms with Gasteiger partial charge in [0.15, 0.2) is 5.11 Å². The van der Waals surface area contributed by atoms with E-state index in [0.717, 1.165) is 13.1 Å². The minimum absolute atomic E-state index is 0.000945. The lowest BCUT2D eigenvalue weighted by molar-refractivity contribution is 0.117. The Morgan fingerprint density at radius 2 is 2.18 bits per heavy atom. The SMILES string of the molecule is COCN1CCN(CO)C1=S. The Balaban J connectivity index is 2.42. The van der Waals surface area contributed by atoms with Gasteiger partial charge in [-0.25, -0.2) is 0 Å². The zero-order valence-electron chi connectivity index (χ0n) is 6.49. The van der Waals surface area contributed by atoms with Crippen LogP contribution in [-0.2, 0) is 4.74 Å². The molecule has 1 N–H and O–H groups in total. The van der Waals surface area contributed by atoms with E-state index in [2.05, 4.69) is 0 Å². The largest absolute Gasteiger partial charge is 0.376 e. The molecule has 64 valence electrons. The average molecular weight is 176 g/mol. The third kappa shape index (κ3) is 1.79. The molecule has 4 nitrogen and oxygen atoms in total. The highest BCUT2D eigenvalue weighted by atomic mass is 32.1. The summed E-state index contributed by atoms with van der Waals surface area (Å²) in [6.45, 7) is 2.14. The van der Waals surface area contributed by atoms with E-state index in [-0.39, 0.29) is 6.73 Å². The Kier molecular flexibility index (Phi) is 3.04. The van der Waals surface area contributed by atoms with Gasteiger partial charge in [0.25, 0.3) is 0 Å². The first kappa shape index (κ1) is 8.70. The van der Waals surface area contributed by atoms with Gasteiger partial charge in [-0.2, -0.15) is 0 Å². The van der Waals surface area contributed by atoms with Crippen LogP contribution in [0, 0.1) is 0 Å². The molecule has 1 saturated heterocycles. The molecule has 1 heterocycles. The van der Waals surface area contributed by atoms with Gasteiger partial charge in [0, 0.05) is 20.2 Å². The van der Waals surface area contributed by atoms with Crippen LogP contribution >= 0.6 is 12.2 Å². The van der Waals surface area contributed by atoms with Crippen LogP contribution in [0.3, 0.4) is 0 Å². The van der Waals surface area contributed by atoms with Crippen LogP contribution in [0.25, 0.3) is 0 Å². The molecule has 0 atom stereocenters. The standard InChI is InChI=1S/C6H12N2O2S/c1-10-5-8-3-2-7(4-9)6(8)11/h9H,2-5H2,1H3. The van der Waals surface area contributed by atoms with E-state index in [4.69, 9.17) is 22.1 Å². The summed E-state index contributed by atoms with van der Waals surface area (Å²) in [6, 6.07) is 0. The highest BCUT2D eigenvalue weighted by molar-refractivity contribution is 7.80. The molecule has 0 radical (unpaired) electrons. The Hall–Kier alpha value is -0.390. The van der Waals surface area contributed by atoms with Gasteiger partial charge in [0.05, 0.1) is 0 Å². The van der Waals surface area contributed by atoms with Crippen LogP contribution in [0.2, 0.25) is 0 Å². The molecule has 1 fully saturated rings. The van der Waals surface area contributed by atoms with Crippen molar-refractivity contribution in [2.24, 2.45) is 0 Å². The van der Waals surface area contributed by atoms with Crippen molar-refractivity contribution in [2.45, 2.75) is 0 Å². The van der Waals surface area contributed by atoms with E-state index >= 15 is 0 Å². The maximum Gasteiger partial charge on any atom is 0.175 e. The summed E-state index contributed by atoms with van der Waals surface area (Å²) in [4.78, 5) is 3.64. The normalized spacial score (nSPS) is 18.2. The summed E-state index contributed by atoms with van der Waals surface area (Å²) < 4.78 is 4.92. The monoisotopic (exact) mass is 176 g/mol. The van der Waals surface area contributed by atoms with Crippen LogP contribution in [0.4, 0.5) is 0 Å². The summed E-state index contributed by atoms with van der Waals surface area (Å²) in [5.41, 5.74) is 0. The lowest BCUT2D eigenvalue weighted by Crippen LogP contribution is -2.33. The maximum atomic E-state index is 8.79. The van der Waals surface area contributed by atoms with Gasteiger partial charge in [-0.3, -0.25) is 0 Å². The molecule has 0 aliphatic carbocycles. The summed E-state index contributed by atoms with van der Waals surface area (Å²) in [7, 11) is 1.63. The zero-order chi connectivity index (χ0) is 8.27. The van der Waals surface area contributed by atoms with Crippen molar-refractivity contribution < 1.29 is 9.84 Å². The number of methoxy groups -OCH3 is 1. The number of hydrogen-bond donors (Lipinski definition) is 1. The van der Waals surface area contributed by atoms with E-state index in [1.54, 1.807) is 12.0 Å². The van der Waals surface area contributed by atoms with Gasteiger partial charge in [0.2, 0.25) is 0 Å². The number of rotatable bonds is 3. The number of aliphatic hydroxyl groups excluding tert-OH is 1. The van der Waals surface area contributed by atoms with E-state index < -0.39 is 0 Å². The van der Waals surface area contributed by atoms with Crippen molar-refractivity contribution in [1.82, 2.24) is 9.80 Å². The summed E-state index contributed by atoms with van der Waals surface area (Å²) in [6.07, 6.45) is 0. The van der Waals surface area contributed by atoms with Crippen molar-refractivity contribution in [3.05, 3.63) is 0 Å². The Morgan fingerprint density at radius 3 is 2.64 bits per heavy atom. The molecular formula is C6H12N2O2S.